The van der Waals surface area contributed by atoms with E-state index in [1.54, 1.807) is 0 Å². The first-order valence-electron chi connectivity index (χ1n) is 6.99. The van der Waals surface area contributed by atoms with Crippen LogP contribution in [0.25, 0.3) is 0 Å². The first kappa shape index (κ1) is 14.8. The van der Waals surface area contributed by atoms with E-state index in [1.807, 2.05) is 24.3 Å². The second-order valence-electron chi connectivity index (χ2n) is 5.23. The molecular formula is C15H22ClNO2. The Bertz CT molecular complexity index is 399. The van der Waals surface area contributed by atoms with E-state index in [1.165, 1.54) is 12.8 Å². The van der Waals surface area contributed by atoms with Gasteiger partial charge in [-0.3, -0.25) is 4.90 Å². The summed E-state index contributed by atoms with van der Waals surface area (Å²) in [5.41, 5.74) is 0.875. The Balaban J connectivity index is 1.92. The molecule has 2 N–H and O–H groups in total. The smallest absolute Gasteiger partial charge is 0.0917 e. The molecule has 1 saturated heterocycles. The van der Waals surface area contributed by atoms with Crippen LogP contribution in [0.3, 0.4) is 0 Å². The van der Waals surface area contributed by atoms with Gasteiger partial charge in [0.1, 0.15) is 0 Å². The monoisotopic (exact) mass is 283 g/mol. The molecule has 1 aliphatic rings. The molecule has 0 aliphatic carbocycles. The van der Waals surface area contributed by atoms with Crippen molar-refractivity contribution in [3.8, 4) is 0 Å². The van der Waals surface area contributed by atoms with E-state index < -0.39 is 6.10 Å². The van der Waals surface area contributed by atoms with Gasteiger partial charge in [-0.05, 0) is 49.9 Å². The summed E-state index contributed by atoms with van der Waals surface area (Å²) in [6.07, 6.45) is 3.71. The van der Waals surface area contributed by atoms with Crippen LogP contribution in [0.1, 0.15) is 37.4 Å². The summed E-state index contributed by atoms with van der Waals surface area (Å²) in [6, 6.07) is 7.92. The zero-order valence-corrected chi connectivity index (χ0v) is 11.9. The van der Waals surface area contributed by atoms with Crippen LogP contribution < -0.4 is 0 Å². The Morgan fingerprint density at radius 2 is 2.26 bits per heavy atom. The fraction of sp³-hybridized carbons (Fsp3) is 0.600. The highest BCUT2D eigenvalue weighted by atomic mass is 35.5. The molecule has 1 aromatic rings. The van der Waals surface area contributed by atoms with Crippen LogP contribution in [0.2, 0.25) is 5.02 Å². The maximum absolute atomic E-state index is 10.3. The predicted octanol–water partition coefficient (Wildman–Crippen LogP) is 2.61. The van der Waals surface area contributed by atoms with Crippen molar-refractivity contribution in [2.45, 2.75) is 37.8 Å². The molecule has 0 aromatic heterocycles. The zero-order chi connectivity index (χ0) is 13.7. The highest BCUT2D eigenvalue weighted by Crippen LogP contribution is 2.25. The molecule has 1 heterocycles. The molecule has 0 bridgehead atoms. The van der Waals surface area contributed by atoms with Crippen molar-refractivity contribution in [3.63, 3.8) is 0 Å². The molecule has 0 radical (unpaired) electrons. The van der Waals surface area contributed by atoms with Crippen molar-refractivity contribution in [1.29, 1.82) is 0 Å². The second kappa shape index (κ2) is 7.25. The van der Waals surface area contributed by atoms with Gasteiger partial charge in [-0.25, -0.2) is 0 Å². The molecule has 3 nitrogen and oxygen atoms in total. The number of rotatable bonds is 6. The largest absolute Gasteiger partial charge is 0.396 e. The molecule has 19 heavy (non-hydrogen) atoms. The molecule has 1 aliphatic heterocycles. The lowest BCUT2D eigenvalue weighted by Crippen LogP contribution is -2.33. The van der Waals surface area contributed by atoms with Gasteiger partial charge in [0.2, 0.25) is 0 Å². The van der Waals surface area contributed by atoms with E-state index >= 15 is 0 Å². The summed E-state index contributed by atoms with van der Waals surface area (Å²) in [5.74, 6) is 0. The Hall–Kier alpha value is -0.610. The van der Waals surface area contributed by atoms with Crippen molar-refractivity contribution >= 4 is 11.6 Å². The fourth-order valence-corrected chi connectivity index (χ4v) is 3.03. The van der Waals surface area contributed by atoms with Crippen molar-refractivity contribution in [3.05, 3.63) is 34.9 Å². The molecule has 0 amide bonds. The number of halogens is 1. The zero-order valence-electron chi connectivity index (χ0n) is 11.1. The summed E-state index contributed by atoms with van der Waals surface area (Å²) in [6.45, 7) is 1.94. The number of likely N-dealkylation sites (tertiary alicyclic amines) is 1. The average molecular weight is 284 g/mol. The molecule has 2 unspecified atom stereocenters. The molecule has 0 spiro atoms. The third kappa shape index (κ3) is 4.18. The molecular weight excluding hydrogens is 262 g/mol. The first-order chi connectivity index (χ1) is 9.20. The Morgan fingerprint density at radius 3 is 3.00 bits per heavy atom. The summed E-state index contributed by atoms with van der Waals surface area (Å²) < 4.78 is 0. The van der Waals surface area contributed by atoms with Gasteiger partial charge in [-0.15, -0.1) is 0 Å². The normalized spacial score (nSPS) is 21.7. The van der Waals surface area contributed by atoms with E-state index in [-0.39, 0.29) is 6.61 Å². The summed E-state index contributed by atoms with van der Waals surface area (Å²) >= 11 is 5.95. The first-order valence-corrected chi connectivity index (χ1v) is 7.37. The minimum Gasteiger partial charge on any atom is -0.396 e. The quantitative estimate of drug-likeness (QED) is 0.843. The topological polar surface area (TPSA) is 43.7 Å². The van der Waals surface area contributed by atoms with Crippen LogP contribution in [0.4, 0.5) is 0 Å². The van der Waals surface area contributed by atoms with Gasteiger partial charge < -0.3 is 10.2 Å². The van der Waals surface area contributed by atoms with Gasteiger partial charge in [0.05, 0.1) is 6.10 Å². The van der Waals surface area contributed by atoms with Crippen molar-refractivity contribution in [1.82, 2.24) is 4.90 Å². The SMILES string of the molecule is OCCCC1CCCN1CC(O)c1cccc(Cl)c1. The predicted molar refractivity (Wildman–Crippen MR) is 77.3 cm³/mol. The Labute approximate surface area is 119 Å². The standard InChI is InChI=1S/C15H22ClNO2/c16-13-5-1-4-12(10-13)15(19)11-17-8-2-6-14(17)7-3-9-18/h1,4-5,10,14-15,18-19H,2-3,6-9,11H2. The lowest BCUT2D eigenvalue weighted by atomic mass is 10.1. The lowest BCUT2D eigenvalue weighted by molar-refractivity contribution is 0.101. The minimum absolute atomic E-state index is 0.251. The number of hydrogen-bond donors (Lipinski definition) is 2. The Kier molecular flexibility index (Phi) is 5.64. The van der Waals surface area contributed by atoms with Crippen molar-refractivity contribution in [2.24, 2.45) is 0 Å². The van der Waals surface area contributed by atoms with Crippen LogP contribution in [-0.4, -0.2) is 40.9 Å². The number of aliphatic hydroxyl groups excluding tert-OH is 2. The molecule has 2 atom stereocenters. The van der Waals surface area contributed by atoms with Gasteiger partial charge in [0.15, 0.2) is 0 Å². The lowest BCUT2D eigenvalue weighted by Gasteiger charge is -2.27. The maximum atomic E-state index is 10.3. The van der Waals surface area contributed by atoms with Gasteiger partial charge in [-0.2, -0.15) is 0 Å². The molecule has 1 fully saturated rings. The summed E-state index contributed by atoms with van der Waals surface area (Å²) in [5, 5.41) is 19.9. The van der Waals surface area contributed by atoms with E-state index in [4.69, 9.17) is 16.7 Å². The third-order valence-corrected chi connectivity index (χ3v) is 4.07. The van der Waals surface area contributed by atoms with Crippen LogP contribution in [0.5, 0.6) is 0 Å². The maximum Gasteiger partial charge on any atom is 0.0917 e. The molecule has 2 rings (SSSR count). The number of β-amino-alcohol motifs (C(OH)–C–C–N with tert-alkyl or cyclic N) is 1. The van der Waals surface area contributed by atoms with Crippen molar-refractivity contribution < 1.29 is 10.2 Å². The van der Waals surface area contributed by atoms with Crippen LogP contribution in [0, 0.1) is 0 Å². The second-order valence-corrected chi connectivity index (χ2v) is 5.66. The molecule has 106 valence electrons. The minimum atomic E-state index is -0.492. The summed E-state index contributed by atoms with van der Waals surface area (Å²) in [4.78, 5) is 2.33. The molecule has 1 aromatic carbocycles. The van der Waals surface area contributed by atoms with Gasteiger partial charge >= 0.3 is 0 Å². The number of nitrogens with zero attached hydrogens (tertiary/aromatic N) is 1. The summed E-state index contributed by atoms with van der Waals surface area (Å²) in [7, 11) is 0. The van der Waals surface area contributed by atoms with E-state index in [0.29, 0.717) is 17.6 Å². The fourth-order valence-electron chi connectivity index (χ4n) is 2.83. The number of hydrogen-bond acceptors (Lipinski definition) is 3. The number of benzene rings is 1. The highest BCUT2D eigenvalue weighted by Gasteiger charge is 2.26. The van der Waals surface area contributed by atoms with E-state index in [9.17, 15) is 5.11 Å². The third-order valence-electron chi connectivity index (χ3n) is 3.84. The average Bonchev–Trinajstić information content (AvgIpc) is 2.83. The van der Waals surface area contributed by atoms with Crippen molar-refractivity contribution in [2.75, 3.05) is 19.7 Å². The molecule has 4 heteroatoms. The molecule has 0 saturated carbocycles. The highest BCUT2D eigenvalue weighted by molar-refractivity contribution is 6.30. The van der Waals surface area contributed by atoms with Crippen LogP contribution >= 0.6 is 11.6 Å². The van der Waals surface area contributed by atoms with Gasteiger partial charge in [0, 0.05) is 24.2 Å². The van der Waals surface area contributed by atoms with Crippen LogP contribution in [0.15, 0.2) is 24.3 Å². The van der Waals surface area contributed by atoms with E-state index in [2.05, 4.69) is 4.90 Å². The van der Waals surface area contributed by atoms with Gasteiger partial charge in [-0.1, -0.05) is 23.7 Å². The van der Waals surface area contributed by atoms with Crippen LogP contribution in [-0.2, 0) is 0 Å². The Morgan fingerprint density at radius 1 is 1.42 bits per heavy atom. The number of aliphatic hydroxyl groups is 2. The van der Waals surface area contributed by atoms with E-state index in [0.717, 1.165) is 24.9 Å². The van der Waals surface area contributed by atoms with Gasteiger partial charge in [0.25, 0.3) is 0 Å².